The summed E-state index contributed by atoms with van der Waals surface area (Å²) in [5, 5.41) is 12.1. The number of nitrogens with zero attached hydrogens (tertiary/aromatic N) is 1. The van der Waals surface area contributed by atoms with Crippen LogP contribution >= 0.6 is 23.1 Å². The number of hydrogen-bond acceptors (Lipinski definition) is 4. The van der Waals surface area contributed by atoms with Crippen molar-refractivity contribution in [2.45, 2.75) is 69.5 Å². The molecule has 0 bridgehead atoms. The smallest absolute Gasteiger partial charge is 0.103 e. The first-order chi connectivity index (χ1) is 8.47. The minimum absolute atomic E-state index is 0.754. The molecular formula is C14H23NOS2. The van der Waals surface area contributed by atoms with Gasteiger partial charge < -0.3 is 5.11 Å². The maximum atomic E-state index is 10.1. The normalized spacial score (nSPS) is 18.2. The van der Waals surface area contributed by atoms with Gasteiger partial charge in [0.2, 0.25) is 0 Å². The van der Waals surface area contributed by atoms with Gasteiger partial charge in [0.05, 0.1) is 16.2 Å². The van der Waals surface area contributed by atoms with Crippen LogP contribution < -0.4 is 0 Å². The zero-order valence-electron chi connectivity index (χ0n) is 11.5. The Bertz CT molecular complexity index is 389. The van der Waals surface area contributed by atoms with Crippen LogP contribution in [-0.4, -0.2) is 15.3 Å². The quantitative estimate of drug-likeness (QED) is 0.898. The van der Waals surface area contributed by atoms with Crippen molar-refractivity contribution in [3.63, 3.8) is 0 Å². The van der Waals surface area contributed by atoms with Crippen molar-refractivity contribution < 1.29 is 5.11 Å². The minimum atomic E-state index is -0.754. The first kappa shape index (κ1) is 14.4. The van der Waals surface area contributed by atoms with E-state index in [-0.39, 0.29) is 0 Å². The molecule has 102 valence electrons. The van der Waals surface area contributed by atoms with E-state index < -0.39 is 5.60 Å². The Labute approximate surface area is 118 Å². The van der Waals surface area contributed by atoms with Gasteiger partial charge in [-0.25, -0.2) is 4.98 Å². The second-order valence-electron chi connectivity index (χ2n) is 5.65. The highest BCUT2D eigenvalue weighted by Gasteiger charge is 2.23. The highest BCUT2D eigenvalue weighted by Crippen LogP contribution is 2.34. The summed E-state index contributed by atoms with van der Waals surface area (Å²) in [7, 11) is 0. The molecular weight excluding hydrogens is 262 g/mol. The number of aryl methyl sites for hydroxylation is 1. The molecule has 18 heavy (non-hydrogen) atoms. The van der Waals surface area contributed by atoms with Crippen LogP contribution in [0.15, 0.2) is 0 Å². The number of thiazole rings is 1. The molecule has 0 spiro atoms. The Morgan fingerprint density at radius 3 is 2.56 bits per heavy atom. The third-order valence-corrected chi connectivity index (χ3v) is 6.43. The highest BCUT2D eigenvalue weighted by atomic mass is 32.2. The average Bonchev–Trinajstić information content (AvgIpc) is 2.69. The maximum absolute atomic E-state index is 10.1. The highest BCUT2D eigenvalue weighted by molar-refractivity contribution is 7.99. The van der Waals surface area contributed by atoms with Gasteiger partial charge in [-0.15, -0.1) is 11.3 Å². The third-order valence-electron chi connectivity index (χ3n) is 3.39. The molecule has 0 amide bonds. The molecule has 1 aromatic rings. The molecule has 1 saturated carbocycles. The van der Waals surface area contributed by atoms with Crippen LogP contribution in [0.4, 0.5) is 0 Å². The minimum Gasteiger partial charge on any atom is -0.385 e. The van der Waals surface area contributed by atoms with Crippen LogP contribution in [0.5, 0.6) is 0 Å². The lowest BCUT2D eigenvalue weighted by atomic mass is 10.0. The molecule has 1 aliphatic rings. The van der Waals surface area contributed by atoms with Gasteiger partial charge in [0.1, 0.15) is 5.01 Å². The van der Waals surface area contributed by atoms with E-state index >= 15 is 0 Å². The van der Waals surface area contributed by atoms with E-state index in [1.54, 1.807) is 11.3 Å². The van der Waals surface area contributed by atoms with Gasteiger partial charge in [0, 0.05) is 11.0 Å². The molecule has 1 aliphatic carbocycles. The van der Waals surface area contributed by atoms with Gasteiger partial charge in [-0.2, -0.15) is 11.8 Å². The molecule has 0 atom stereocenters. The van der Waals surface area contributed by atoms with Gasteiger partial charge in [-0.05, 0) is 33.6 Å². The Morgan fingerprint density at radius 1 is 1.33 bits per heavy atom. The predicted octanol–water partition coefficient (Wildman–Crippen LogP) is 4.24. The fraction of sp³-hybridized carbons (Fsp3) is 0.786. The Balaban J connectivity index is 1.93. The first-order valence-electron chi connectivity index (χ1n) is 6.77. The van der Waals surface area contributed by atoms with Gasteiger partial charge in [0.25, 0.3) is 0 Å². The first-order valence-corrected chi connectivity index (χ1v) is 8.64. The predicted molar refractivity (Wildman–Crippen MR) is 80.3 cm³/mol. The van der Waals surface area contributed by atoms with Gasteiger partial charge >= 0.3 is 0 Å². The SMILES string of the molecule is Cc1nc(CSC2CCCCC2)sc1C(C)(C)O. The number of rotatable bonds is 4. The Kier molecular flexibility index (Phi) is 4.73. The molecule has 0 saturated heterocycles. The van der Waals surface area contributed by atoms with Crippen molar-refractivity contribution in [3.8, 4) is 0 Å². The lowest BCUT2D eigenvalue weighted by Gasteiger charge is -2.20. The van der Waals surface area contributed by atoms with E-state index in [2.05, 4.69) is 4.98 Å². The molecule has 0 unspecified atom stereocenters. The van der Waals surface area contributed by atoms with E-state index in [9.17, 15) is 5.11 Å². The summed E-state index contributed by atoms with van der Waals surface area (Å²) in [5.74, 6) is 1.01. The topological polar surface area (TPSA) is 33.1 Å². The van der Waals surface area contributed by atoms with Crippen LogP contribution in [0.2, 0.25) is 0 Å². The van der Waals surface area contributed by atoms with Crippen LogP contribution in [0.3, 0.4) is 0 Å². The van der Waals surface area contributed by atoms with E-state index in [4.69, 9.17) is 0 Å². The zero-order valence-corrected chi connectivity index (χ0v) is 13.2. The number of hydrogen-bond donors (Lipinski definition) is 1. The summed E-state index contributed by atoms with van der Waals surface area (Å²) < 4.78 is 0. The number of aliphatic hydroxyl groups is 1. The fourth-order valence-electron chi connectivity index (χ4n) is 2.50. The van der Waals surface area contributed by atoms with Crippen molar-refractivity contribution >= 4 is 23.1 Å². The molecule has 2 rings (SSSR count). The van der Waals surface area contributed by atoms with Crippen LogP contribution in [0.25, 0.3) is 0 Å². The molecule has 1 fully saturated rings. The van der Waals surface area contributed by atoms with Crippen LogP contribution in [-0.2, 0) is 11.4 Å². The number of thioether (sulfide) groups is 1. The molecule has 0 radical (unpaired) electrons. The lowest BCUT2D eigenvalue weighted by molar-refractivity contribution is 0.0817. The summed E-state index contributed by atoms with van der Waals surface area (Å²) in [4.78, 5) is 5.61. The zero-order chi connectivity index (χ0) is 13.2. The van der Waals surface area contributed by atoms with Crippen molar-refractivity contribution in [2.75, 3.05) is 0 Å². The summed E-state index contributed by atoms with van der Waals surface area (Å²) in [6.07, 6.45) is 6.93. The van der Waals surface area contributed by atoms with Gasteiger partial charge in [-0.1, -0.05) is 19.3 Å². The molecule has 1 N–H and O–H groups in total. The Morgan fingerprint density at radius 2 is 2.00 bits per heavy atom. The van der Waals surface area contributed by atoms with Crippen LogP contribution in [0.1, 0.15) is 61.5 Å². The maximum Gasteiger partial charge on any atom is 0.103 e. The number of aromatic nitrogens is 1. The van der Waals surface area contributed by atoms with Crippen molar-refractivity contribution in [2.24, 2.45) is 0 Å². The Hall–Kier alpha value is -0.0600. The molecule has 0 aliphatic heterocycles. The standard InChI is InChI=1S/C14H23NOS2/c1-10-13(14(2,3)16)18-12(15-10)9-17-11-7-5-4-6-8-11/h11,16H,4-9H2,1-3H3. The summed E-state index contributed by atoms with van der Waals surface area (Å²) in [6, 6.07) is 0. The average molecular weight is 285 g/mol. The van der Waals surface area contributed by atoms with E-state index in [1.165, 1.54) is 37.1 Å². The summed E-state index contributed by atoms with van der Waals surface area (Å²) in [6.45, 7) is 5.68. The summed E-state index contributed by atoms with van der Waals surface area (Å²) >= 11 is 3.72. The largest absolute Gasteiger partial charge is 0.385 e. The third kappa shape index (κ3) is 3.72. The fourth-order valence-corrected chi connectivity index (χ4v) is 4.91. The van der Waals surface area contributed by atoms with Crippen molar-refractivity contribution in [1.29, 1.82) is 0 Å². The van der Waals surface area contributed by atoms with Crippen molar-refractivity contribution in [1.82, 2.24) is 4.98 Å². The van der Waals surface area contributed by atoms with Gasteiger partial charge in [-0.3, -0.25) is 0 Å². The van der Waals surface area contributed by atoms with Crippen LogP contribution in [0, 0.1) is 6.92 Å². The second-order valence-corrected chi connectivity index (χ2v) is 8.02. The van der Waals surface area contributed by atoms with E-state index in [1.807, 2.05) is 32.5 Å². The second kappa shape index (κ2) is 5.93. The molecule has 0 aromatic carbocycles. The molecule has 2 nitrogen and oxygen atoms in total. The summed E-state index contributed by atoms with van der Waals surface area (Å²) in [5.41, 5.74) is 0.238. The van der Waals surface area contributed by atoms with E-state index in [0.717, 1.165) is 21.6 Å². The lowest BCUT2D eigenvalue weighted by Crippen LogP contribution is -2.14. The molecule has 1 heterocycles. The van der Waals surface area contributed by atoms with Crippen molar-refractivity contribution in [3.05, 3.63) is 15.6 Å². The monoisotopic (exact) mass is 285 g/mol. The molecule has 4 heteroatoms. The van der Waals surface area contributed by atoms with E-state index in [0.29, 0.717) is 0 Å². The molecule has 1 aromatic heterocycles. The van der Waals surface area contributed by atoms with Gasteiger partial charge in [0.15, 0.2) is 0 Å².